The summed E-state index contributed by atoms with van der Waals surface area (Å²) in [6, 6.07) is 4.32. The second-order valence-corrected chi connectivity index (χ2v) is 5.01. The fourth-order valence-corrected chi connectivity index (χ4v) is 2.75. The molecule has 2 unspecified atom stereocenters. The molecule has 1 aliphatic heterocycles. The van der Waals surface area contributed by atoms with Gasteiger partial charge in [-0.1, -0.05) is 6.07 Å². The molecule has 84 valence electrons. The molecule has 4 heteroatoms. The van der Waals surface area contributed by atoms with Crippen molar-refractivity contribution in [3.8, 4) is 0 Å². The van der Waals surface area contributed by atoms with E-state index in [4.69, 9.17) is 10.5 Å². The van der Waals surface area contributed by atoms with Crippen LogP contribution in [0.25, 0.3) is 0 Å². The highest BCUT2D eigenvalue weighted by molar-refractivity contribution is 7.10. The van der Waals surface area contributed by atoms with Crippen LogP contribution in [0.15, 0.2) is 17.5 Å². The first-order valence-electron chi connectivity index (χ1n) is 5.33. The highest BCUT2D eigenvalue weighted by Gasteiger charge is 2.23. The van der Waals surface area contributed by atoms with E-state index in [1.54, 1.807) is 18.4 Å². The van der Waals surface area contributed by atoms with Gasteiger partial charge in [0.15, 0.2) is 0 Å². The fourth-order valence-electron chi connectivity index (χ4n) is 2.03. The summed E-state index contributed by atoms with van der Waals surface area (Å²) in [5.74, 6) is 0. The van der Waals surface area contributed by atoms with Crippen molar-refractivity contribution in [2.24, 2.45) is 5.73 Å². The topological polar surface area (TPSA) is 38.5 Å². The van der Waals surface area contributed by atoms with Crippen molar-refractivity contribution in [1.29, 1.82) is 0 Å². The van der Waals surface area contributed by atoms with Crippen LogP contribution < -0.4 is 5.73 Å². The summed E-state index contributed by atoms with van der Waals surface area (Å²) in [6.07, 6.45) is 1.54. The molecule has 2 rings (SSSR count). The number of hydrogen-bond donors (Lipinski definition) is 1. The van der Waals surface area contributed by atoms with E-state index >= 15 is 0 Å². The molecule has 1 fully saturated rings. The normalized spacial score (nSPS) is 24.5. The van der Waals surface area contributed by atoms with Crippen LogP contribution in [0, 0.1) is 0 Å². The van der Waals surface area contributed by atoms with Crippen LogP contribution in [0.4, 0.5) is 0 Å². The predicted molar refractivity (Wildman–Crippen MR) is 63.1 cm³/mol. The summed E-state index contributed by atoms with van der Waals surface area (Å²) in [5, 5.41) is 2.08. The summed E-state index contributed by atoms with van der Waals surface area (Å²) in [4.78, 5) is 3.66. The molecule has 1 aromatic rings. The molecule has 2 heterocycles. The summed E-state index contributed by atoms with van der Waals surface area (Å²) >= 11 is 1.74. The van der Waals surface area contributed by atoms with Gasteiger partial charge in [-0.15, -0.1) is 11.3 Å². The minimum absolute atomic E-state index is 0.153. The van der Waals surface area contributed by atoms with E-state index in [2.05, 4.69) is 22.4 Å². The molecule has 0 bridgehead atoms. The molecule has 15 heavy (non-hydrogen) atoms. The molecule has 0 radical (unpaired) electrons. The fraction of sp³-hybridized carbons (Fsp3) is 0.636. The Kier molecular flexibility index (Phi) is 3.75. The van der Waals surface area contributed by atoms with Gasteiger partial charge in [-0.25, -0.2) is 0 Å². The molecule has 1 aromatic heterocycles. The van der Waals surface area contributed by atoms with Gasteiger partial charge in [0.1, 0.15) is 0 Å². The van der Waals surface area contributed by atoms with Crippen LogP contribution in [0.1, 0.15) is 17.3 Å². The quantitative estimate of drug-likeness (QED) is 0.845. The molecule has 0 aromatic carbocycles. The van der Waals surface area contributed by atoms with Crippen molar-refractivity contribution in [1.82, 2.24) is 4.90 Å². The Bertz CT molecular complexity index is 289. The van der Waals surface area contributed by atoms with Gasteiger partial charge in [-0.3, -0.25) is 4.90 Å². The number of nitrogens with two attached hydrogens (primary N) is 1. The van der Waals surface area contributed by atoms with E-state index in [9.17, 15) is 0 Å². The zero-order chi connectivity index (χ0) is 10.7. The first-order chi connectivity index (χ1) is 7.29. The van der Waals surface area contributed by atoms with Crippen LogP contribution >= 0.6 is 11.3 Å². The van der Waals surface area contributed by atoms with Gasteiger partial charge in [0.25, 0.3) is 0 Å². The van der Waals surface area contributed by atoms with Crippen LogP contribution in [0.5, 0.6) is 0 Å². The van der Waals surface area contributed by atoms with E-state index in [0.717, 1.165) is 26.1 Å². The van der Waals surface area contributed by atoms with Crippen LogP contribution in [-0.2, 0) is 4.74 Å². The zero-order valence-corrected chi connectivity index (χ0v) is 9.87. The molecule has 3 nitrogen and oxygen atoms in total. The van der Waals surface area contributed by atoms with Crippen molar-refractivity contribution < 1.29 is 4.74 Å². The Labute approximate surface area is 94.8 Å². The summed E-state index contributed by atoms with van der Waals surface area (Å²) in [6.45, 7) is 3.08. The van der Waals surface area contributed by atoms with Crippen molar-refractivity contribution >= 4 is 11.3 Å². The average molecular weight is 226 g/mol. The average Bonchev–Trinajstić information content (AvgIpc) is 2.87. The smallest absolute Gasteiger partial charge is 0.0710 e. The second kappa shape index (κ2) is 5.07. The van der Waals surface area contributed by atoms with Gasteiger partial charge in [0.2, 0.25) is 0 Å². The monoisotopic (exact) mass is 226 g/mol. The van der Waals surface area contributed by atoms with E-state index in [1.165, 1.54) is 4.88 Å². The number of thiophene rings is 1. The summed E-state index contributed by atoms with van der Waals surface area (Å²) in [5.41, 5.74) is 6.13. The van der Waals surface area contributed by atoms with Gasteiger partial charge in [-0.05, 0) is 17.9 Å². The highest BCUT2D eigenvalue weighted by atomic mass is 32.1. The van der Waals surface area contributed by atoms with E-state index in [1.807, 2.05) is 0 Å². The lowest BCUT2D eigenvalue weighted by Gasteiger charge is -2.19. The molecule has 0 saturated carbocycles. The zero-order valence-electron chi connectivity index (χ0n) is 9.06. The molecule has 0 spiro atoms. The predicted octanol–water partition coefficient (Wildman–Crippen LogP) is 1.47. The number of ether oxygens (including phenoxy) is 1. The molecular formula is C11H18N2OS. The standard InChI is InChI=1S/C11H18N2OS/c1-14-9-4-5-13(7-9)8-10(12)11-3-2-6-15-11/h2-3,6,9-10H,4-5,7-8,12H2,1H3. The Morgan fingerprint density at radius 3 is 3.20 bits per heavy atom. The first-order valence-corrected chi connectivity index (χ1v) is 6.21. The van der Waals surface area contributed by atoms with Gasteiger partial charge in [0, 0.05) is 31.6 Å². The first kappa shape index (κ1) is 11.1. The third-order valence-corrected chi connectivity index (χ3v) is 3.93. The largest absolute Gasteiger partial charge is 0.380 e. The Morgan fingerprint density at radius 1 is 1.73 bits per heavy atom. The number of hydrogen-bond acceptors (Lipinski definition) is 4. The Morgan fingerprint density at radius 2 is 2.60 bits per heavy atom. The van der Waals surface area contributed by atoms with E-state index in [-0.39, 0.29) is 6.04 Å². The van der Waals surface area contributed by atoms with Crippen molar-refractivity contribution in [3.63, 3.8) is 0 Å². The van der Waals surface area contributed by atoms with Crippen LogP contribution in [0.2, 0.25) is 0 Å². The molecule has 1 aliphatic rings. The molecule has 0 aliphatic carbocycles. The summed E-state index contributed by atoms with van der Waals surface area (Å²) < 4.78 is 5.33. The lowest BCUT2D eigenvalue weighted by Crippen LogP contribution is -2.31. The molecule has 0 amide bonds. The maximum Gasteiger partial charge on any atom is 0.0710 e. The van der Waals surface area contributed by atoms with Gasteiger partial charge < -0.3 is 10.5 Å². The minimum atomic E-state index is 0.153. The van der Waals surface area contributed by atoms with Crippen LogP contribution in [0.3, 0.4) is 0 Å². The molecule has 2 N–H and O–H groups in total. The number of nitrogens with zero attached hydrogens (tertiary/aromatic N) is 1. The third kappa shape index (κ3) is 2.78. The molecular weight excluding hydrogens is 208 g/mol. The SMILES string of the molecule is COC1CCN(CC(N)c2cccs2)C1. The van der Waals surface area contributed by atoms with Crippen molar-refractivity contribution in [2.45, 2.75) is 18.6 Å². The molecule has 2 atom stereocenters. The van der Waals surface area contributed by atoms with Crippen molar-refractivity contribution in [2.75, 3.05) is 26.7 Å². The second-order valence-electron chi connectivity index (χ2n) is 4.03. The minimum Gasteiger partial charge on any atom is -0.380 e. The van der Waals surface area contributed by atoms with E-state index < -0.39 is 0 Å². The summed E-state index contributed by atoms with van der Waals surface area (Å²) in [7, 11) is 1.79. The maximum absolute atomic E-state index is 6.13. The highest BCUT2D eigenvalue weighted by Crippen LogP contribution is 2.20. The number of rotatable bonds is 4. The maximum atomic E-state index is 6.13. The van der Waals surface area contributed by atoms with Gasteiger partial charge in [-0.2, -0.15) is 0 Å². The Balaban J connectivity index is 1.83. The van der Waals surface area contributed by atoms with Gasteiger partial charge >= 0.3 is 0 Å². The lowest BCUT2D eigenvalue weighted by molar-refractivity contribution is 0.107. The van der Waals surface area contributed by atoms with Crippen LogP contribution in [-0.4, -0.2) is 37.7 Å². The lowest BCUT2D eigenvalue weighted by atomic mass is 10.2. The molecule has 1 saturated heterocycles. The van der Waals surface area contributed by atoms with E-state index in [0.29, 0.717) is 6.10 Å². The number of likely N-dealkylation sites (tertiary alicyclic amines) is 1. The number of methoxy groups -OCH3 is 1. The van der Waals surface area contributed by atoms with Crippen molar-refractivity contribution in [3.05, 3.63) is 22.4 Å². The third-order valence-electron chi connectivity index (χ3n) is 2.93. The van der Waals surface area contributed by atoms with Gasteiger partial charge in [0.05, 0.1) is 12.1 Å². The Hall–Kier alpha value is -0.420.